The second-order valence-corrected chi connectivity index (χ2v) is 5.72. The minimum absolute atomic E-state index is 0.0167. The van der Waals surface area contributed by atoms with Crippen LogP contribution in [0, 0.1) is 5.92 Å². The van der Waals surface area contributed by atoms with Crippen molar-refractivity contribution in [1.29, 1.82) is 0 Å². The van der Waals surface area contributed by atoms with Gasteiger partial charge in [-0.1, -0.05) is 0 Å². The Morgan fingerprint density at radius 1 is 1.50 bits per heavy atom. The number of likely N-dealkylation sites (tertiary alicyclic amines) is 1. The maximum Gasteiger partial charge on any atom is 0.410 e. The Bertz CT molecular complexity index is 309. The van der Waals surface area contributed by atoms with Gasteiger partial charge in [-0.2, -0.15) is 0 Å². The minimum Gasteiger partial charge on any atom is -0.444 e. The fourth-order valence-electron chi connectivity index (χ4n) is 2.03. The van der Waals surface area contributed by atoms with Crippen LogP contribution in [0.25, 0.3) is 0 Å². The van der Waals surface area contributed by atoms with Gasteiger partial charge in [-0.15, -0.1) is 0 Å². The molecule has 0 bridgehead atoms. The van der Waals surface area contributed by atoms with Crippen molar-refractivity contribution in [2.24, 2.45) is 5.92 Å². The van der Waals surface area contributed by atoms with Crippen molar-refractivity contribution in [2.75, 3.05) is 19.7 Å². The lowest BCUT2D eigenvalue weighted by Gasteiger charge is -2.26. The van der Waals surface area contributed by atoms with Crippen LogP contribution in [0.5, 0.6) is 0 Å². The maximum absolute atomic E-state index is 11.9. The van der Waals surface area contributed by atoms with Gasteiger partial charge in [0.15, 0.2) is 5.78 Å². The Morgan fingerprint density at radius 2 is 2.17 bits per heavy atom. The predicted molar refractivity (Wildman–Crippen MR) is 67.2 cm³/mol. The highest BCUT2D eigenvalue weighted by molar-refractivity contribution is 5.86. The Hall–Kier alpha value is -1.10. The summed E-state index contributed by atoms with van der Waals surface area (Å²) in [4.78, 5) is 25.3. The third kappa shape index (κ3) is 4.64. The zero-order chi connectivity index (χ0) is 13.8. The largest absolute Gasteiger partial charge is 0.444 e. The number of rotatable bonds is 2. The molecule has 1 unspecified atom stereocenters. The van der Waals surface area contributed by atoms with Gasteiger partial charge < -0.3 is 14.7 Å². The van der Waals surface area contributed by atoms with Crippen LogP contribution in [0.3, 0.4) is 0 Å². The number of amides is 1. The molecule has 1 aliphatic heterocycles. The number of hydrogen-bond acceptors (Lipinski definition) is 4. The lowest BCUT2D eigenvalue weighted by Crippen LogP contribution is -2.40. The van der Waals surface area contributed by atoms with E-state index >= 15 is 0 Å². The minimum atomic E-state index is -0.545. The van der Waals surface area contributed by atoms with Crippen LogP contribution >= 0.6 is 0 Å². The smallest absolute Gasteiger partial charge is 0.410 e. The number of hydrogen-bond donors (Lipinski definition) is 1. The Balaban J connectivity index is 2.59. The molecule has 18 heavy (non-hydrogen) atoms. The third-order valence-electron chi connectivity index (χ3n) is 2.91. The van der Waals surface area contributed by atoms with E-state index in [0.29, 0.717) is 13.0 Å². The van der Waals surface area contributed by atoms with Gasteiger partial charge in [-0.3, -0.25) is 4.79 Å². The van der Waals surface area contributed by atoms with E-state index in [1.807, 2.05) is 0 Å². The first kappa shape index (κ1) is 15.0. The average molecular weight is 257 g/mol. The molecule has 1 N–H and O–H groups in total. The van der Waals surface area contributed by atoms with E-state index in [0.717, 1.165) is 12.8 Å². The first-order valence-electron chi connectivity index (χ1n) is 6.45. The number of carbonyl (C=O) groups is 2. The predicted octanol–water partition coefficient (Wildman–Crippen LogP) is 1.58. The van der Waals surface area contributed by atoms with Gasteiger partial charge in [0.05, 0.1) is 6.54 Å². The Labute approximate surface area is 108 Å². The number of ether oxygens (including phenoxy) is 1. The van der Waals surface area contributed by atoms with Crippen LogP contribution in [0.1, 0.15) is 40.0 Å². The molecular weight excluding hydrogens is 234 g/mol. The summed E-state index contributed by atoms with van der Waals surface area (Å²) in [6, 6.07) is 0. The molecule has 0 radical (unpaired) electrons. The molecule has 104 valence electrons. The van der Waals surface area contributed by atoms with E-state index < -0.39 is 11.7 Å². The van der Waals surface area contributed by atoms with Crippen LogP contribution in [0.4, 0.5) is 4.79 Å². The molecule has 1 amide bonds. The van der Waals surface area contributed by atoms with E-state index in [-0.39, 0.29) is 24.9 Å². The average Bonchev–Trinajstić information content (AvgIpc) is 2.40. The summed E-state index contributed by atoms with van der Waals surface area (Å²) in [5, 5.41) is 8.90. The lowest BCUT2D eigenvalue weighted by atomic mass is 9.96. The molecule has 5 heteroatoms. The highest BCUT2D eigenvalue weighted by Crippen LogP contribution is 2.19. The summed E-state index contributed by atoms with van der Waals surface area (Å²) in [6.07, 6.45) is 1.57. The second-order valence-electron chi connectivity index (χ2n) is 5.72. The summed E-state index contributed by atoms with van der Waals surface area (Å²) >= 11 is 0. The van der Waals surface area contributed by atoms with Crippen LogP contribution in [-0.4, -0.2) is 47.2 Å². The van der Waals surface area contributed by atoms with Gasteiger partial charge in [0.25, 0.3) is 0 Å². The van der Waals surface area contributed by atoms with Crippen molar-refractivity contribution < 1.29 is 19.4 Å². The van der Waals surface area contributed by atoms with Crippen molar-refractivity contribution in [1.82, 2.24) is 4.90 Å². The number of nitrogens with zero attached hydrogens (tertiary/aromatic N) is 1. The standard InChI is InChI=1S/C13H23NO4/c1-13(2,3)18-12(17)14-7-4-5-10(6-8-15)11(16)9-14/h10,15H,4-9H2,1-3H3. The van der Waals surface area contributed by atoms with E-state index in [4.69, 9.17) is 9.84 Å². The monoisotopic (exact) mass is 257 g/mol. The zero-order valence-electron chi connectivity index (χ0n) is 11.4. The molecule has 1 rings (SSSR count). The van der Waals surface area contributed by atoms with E-state index in [1.165, 1.54) is 4.90 Å². The second kappa shape index (κ2) is 6.18. The number of aliphatic hydroxyl groups excluding tert-OH is 1. The molecule has 1 heterocycles. The first-order chi connectivity index (χ1) is 8.33. The van der Waals surface area contributed by atoms with Gasteiger partial charge in [0.1, 0.15) is 5.60 Å². The van der Waals surface area contributed by atoms with E-state index in [2.05, 4.69) is 0 Å². The molecule has 5 nitrogen and oxygen atoms in total. The van der Waals surface area contributed by atoms with Gasteiger partial charge in [0, 0.05) is 19.1 Å². The fraction of sp³-hybridized carbons (Fsp3) is 0.846. The molecule has 0 saturated carbocycles. The van der Waals surface area contributed by atoms with Crippen molar-refractivity contribution >= 4 is 11.9 Å². The molecule has 1 aliphatic rings. The van der Waals surface area contributed by atoms with Crippen LogP contribution < -0.4 is 0 Å². The number of aliphatic hydroxyl groups is 1. The molecule has 1 atom stereocenters. The Morgan fingerprint density at radius 3 is 2.72 bits per heavy atom. The quantitative estimate of drug-likeness (QED) is 0.815. The third-order valence-corrected chi connectivity index (χ3v) is 2.91. The number of ketones is 1. The van der Waals surface area contributed by atoms with Gasteiger partial charge in [0.2, 0.25) is 0 Å². The van der Waals surface area contributed by atoms with E-state index in [1.54, 1.807) is 20.8 Å². The van der Waals surface area contributed by atoms with Gasteiger partial charge >= 0.3 is 6.09 Å². The lowest BCUT2D eigenvalue weighted by molar-refractivity contribution is -0.123. The molecule has 0 aromatic carbocycles. The Kier molecular flexibility index (Phi) is 5.14. The fourth-order valence-corrected chi connectivity index (χ4v) is 2.03. The van der Waals surface area contributed by atoms with Crippen molar-refractivity contribution in [2.45, 2.75) is 45.6 Å². The van der Waals surface area contributed by atoms with Gasteiger partial charge in [-0.05, 0) is 40.0 Å². The molecule has 0 aliphatic carbocycles. The SMILES string of the molecule is CC(C)(C)OC(=O)N1CCCC(CCO)C(=O)C1. The normalized spacial score (nSPS) is 21.7. The van der Waals surface area contributed by atoms with Crippen molar-refractivity contribution in [3.05, 3.63) is 0 Å². The highest BCUT2D eigenvalue weighted by Gasteiger charge is 2.29. The zero-order valence-corrected chi connectivity index (χ0v) is 11.4. The molecule has 1 saturated heterocycles. The van der Waals surface area contributed by atoms with Crippen molar-refractivity contribution in [3.63, 3.8) is 0 Å². The summed E-state index contributed by atoms with van der Waals surface area (Å²) in [6.45, 7) is 6.07. The topological polar surface area (TPSA) is 66.8 Å². The molecule has 0 aromatic heterocycles. The number of carbonyl (C=O) groups excluding carboxylic acids is 2. The van der Waals surface area contributed by atoms with Crippen LogP contribution in [-0.2, 0) is 9.53 Å². The number of Topliss-reactive ketones (excluding diaryl/α,β-unsaturated/α-hetero) is 1. The maximum atomic E-state index is 11.9. The van der Waals surface area contributed by atoms with E-state index in [9.17, 15) is 9.59 Å². The summed E-state index contributed by atoms with van der Waals surface area (Å²) in [5.74, 6) is -0.102. The summed E-state index contributed by atoms with van der Waals surface area (Å²) < 4.78 is 5.26. The summed E-state index contributed by atoms with van der Waals surface area (Å²) in [7, 11) is 0. The molecule has 0 spiro atoms. The summed E-state index contributed by atoms with van der Waals surface area (Å²) in [5.41, 5.74) is -0.545. The van der Waals surface area contributed by atoms with Crippen LogP contribution in [0.2, 0.25) is 0 Å². The van der Waals surface area contributed by atoms with Crippen molar-refractivity contribution in [3.8, 4) is 0 Å². The first-order valence-corrected chi connectivity index (χ1v) is 6.45. The molecular formula is C13H23NO4. The highest BCUT2D eigenvalue weighted by atomic mass is 16.6. The molecule has 1 fully saturated rings. The van der Waals surface area contributed by atoms with Gasteiger partial charge in [-0.25, -0.2) is 4.79 Å². The molecule has 0 aromatic rings. The van der Waals surface area contributed by atoms with Crippen LogP contribution in [0.15, 0.2) is 0 Å².